The van der Waals surface area contributed by atoms with Crippen molar-refractivity contribution in [1.29, 1.82) is 0 Å². The molecule has 6 nitrogen and oxygen atoms in total. The van der Waals surface area contributed by atoms with Gasteiger partial charge in [-0.2, -0.15) is 5.10 Å². The summed E-state index contributed by atoms with van der Waals surface area (Å²) in [4.78, 5) is 13.3. The van der Waals surface area contributed by atoms with E-state index in [4.69, 9.17) is 14.6 Å². The Morgan fingerprint density at radius 3 is 2.28 bits per heavy atom. The zero-order valence-corrected chi connectivity index (χ0v) is 18.5. The van der Waals surface area contributed by atoms with Gasteiger partial charge in [0.2, 0.25) is 0 Å². The summed E-state index contributed by atoms with van der Waals surface area (Å²) < 4.78 is 12.2. The highest BCUT2D eigenvalue weighted by Gasteiger charge is 2.18. The lowest BCUT2D eigenvalue weighted by Crippen LogP contribution is -2.17. The molecule has 0 aliphatic rings. The summed E-state index contributed by atoms with van der Waals surface area (Å²) in [6.45, 7) is 4.06. The third-order valence-electron chi connectivity index (χ3n) is 5.39. The van der Waals surface area contributed by atoms with Crippen molar-refractivity contribution >= 4 is 11.6 Å². The summed E-state index contributed by atoms with van der Waals surface area (Å²) in [5.74, 6) is 1.21. The third-order valence-corrected chi connectivity index (χ3v) is 5.39. The largest absolute Gasteiger partial charge is 0.497 e. The number of carbonyl (C=O) groups excluding carboxylic acids is 1. The van der Waals surface area contributed by atoms with Crippen LogP contribution in [0.4, 0.5) is 5.69 Å². The molecule has 1 aromatic heterocycles. The van der Waals surface area contributed by atoms with Gasteiger partial charge in [0.1, 0.15) is 17.2 Å². The summed E-state index contributed by atoms with van der Waals surface area (Å²) in [7, 11) is 3.24. The molecule has 0 saturated carbocycles. The molecule has 0 spiro atoms. The van der Waals surface area contributed by atoms with Crippen molar-refractivity contribution in [2.75, 3.05) is 19.5 Å². The molecule has 0 saturated heterocycles. The van der Waals surface area contributed by atoms with Gasteiger partial charge in [-0.05, 0) is 79.6 Å². The Morgan fingerprint density at radius 2 is 1.59 bits per heavy atom. The van der Waals surface area contributed by atoms with Crippen LogP contribution in [0.3, 0.4) is 0 Å². The molecule has 1 N–H and O–H groups in total. The number of methoxy groups -OCH3 is 2. The first-order valence-electron chi connectivity index (χ1n) is 10.3. The molecule has 1 amide bonds. The third kappa shape index (κ3) is 4.34. The van der Waals surface area contributed by atoms with Crippen LogP contribution in [0, 0.1) is 13.8 Å². The topological polar surface area (TPSA) is 65.4 Å². The Bertz CT molecular complexity index is 1260. The molecular formula is C26H25N3O3. The Hall–Kier alpha value is -4.06. The molecule has 0 bridgehead atoms. The molecule has 4 rings (SSSR count). The predicted octanol–water partition coefficient (Wildman–Crippen LogP) is 5.43. The van der Waals surface area contributed by atoms with Crippen LogP contribution in [0.15, 0.2) is 72.8 Å². The van der Waals surface area contributed by atoms with E-state index in [0.717, 1.165) is 34.0 Å². The molecule has 1 heterocycles. The van der Waals surface area contributed by atoms with Gasteiger partial charge in [-0.1, -0.05) is 18.2 Å². The van der Waals surface area contributed by atoms with Crippen LogP contribution < -0.4 is 14.8 Å². The number of amides is 1. The van der Waals surface area contributed by atoms with Crippen LogP contribution in [0.5, 0.6) is 11.5 Å². The number of rotatable bonds is 6. The van der Waals surface area contributed by atoms with E-state index in [0.29, 0.717) is 11.4 Å². The van der Waals surface area contributed by atoms with E-state index in [2.05, 4.69) is 5.32 Å². The highest BCUT2D eigenvalue weighted by atomic mass is 16.5. The molecule has 0 radical (unpaired) electrons. The van der Waals surface area contributed by atoms with E-state index < -0.39 is 0 Å². The first-order valence-corrected chi connectivity index (χ1v) is 10.3. The number of benzene rings is 3. The number of hydrogen-bond donors (Lipinski definition) is 1. The van der Waals surface area contributed by atoms with Crippen molar-refractivity contribution in [3.63, 3.8) is 0 Å². The maximum absolute atomic E-state index is 13.3. The van der Waals surface area contributed by atoms with Crippen LogP contribution >= 0.6 is 0 Å². The number of carbonyl (C=O) groups is 1. The number of hydrogen-bond acceptors (Lipinski definition) is 4. The fourth-order valence-corrected chi connectivity index (χ4v) is 3.40. The van der Waals surface area contributed by atoms with Crippen LogP contribution in [-0.4, -0.2) is 29.9 Å². The number of nitrogens with zero attached hydrogens (tertiary/aromatic N) is 2. The van der Waals surface area contributed by atoms with Gasteiger partial charge in [0.25, 0.3) is 5.91 Å². The number of ether oxygens (including phenoxy) is 2. The lowest BCUT2D eigenvalue weighted by atomic mass is 10.1. The maximum Gasteiger partial charge on any atom is 0.274 e. The Balaban J connectivity index is 1.76. The summed E-state index contributed by atoms with van der Waals surface area (Å²) in [5, 5.41) is 7.73. The minimum absolute atomic E-state index is 0.245. The second-order valence-corrected chi connectivity index (χ2v) is 7.51. The lowest BCUT2D eigenvalue weighted by Gasteiger charge is -2.10. The predicted molar refractivity (Wildman–Crippen MR) is 126 cm³/mol. The van der Waals surface area contributed by atoms with Crippen LogP contribution in [-0.2, 0) is 0 Å². The second kappa shape index (κ2) is 8.98. The highest BCUT2D eigenvalue weighted by molar-refractivity contribution is 6.04. The van der Waals surface area contributed by atoms with E-state index in [1.165, 1.54) is 5.56 Å². The molecule has 6 heteroatoms. The lowest BCUT2D eigenvalue weighted by molar-refractivity contribution is 0.101. The van der Waals surface area contributed by atoms with Gasteiger partial charge >= 0.3 is 0 Å². The van der Waals surface area contributed by atoms with Gasteiger partial charge in [0, 0.05) is 11.3 Å². The molecule has 0 aliphatic heterocycles. The fourth-order valence-electron chi connectivity index (χ4n) is 3.40. The first-order chi connectivity index (χ1) is 15.5. The zero-order chi connectivity index (χ0) is 22.7. The Kier molecular flexibility index (Phi) is 5.94. The smallest absolute Gasteiger partial charge is 0.274 e. The first kappa shape index (κ1) is 21.2. The van der Waals surface area contributed by atoms with Crippen molar-refractivity contribution in [2.24, 2.45) is 0 Å². The molecule has 32 heavy (non-hydrogen) atoms. The van der Waals surface area contributed by atoms with E-state index in [1.54, 1.807) is 25.0 Å². The van der Waals surface area contributed by atoms with Crippen LogP contribution in [0.1, 0.15) is 21.6 Å². The molecule has 3 aromatic carbocycles. The van der Waals surface area contributed by atoms with E-state index in [1.807, 2.05) is 80.6 Å². The van der Waals surface area contributed by atoms with Crippen LogP contribution in [0.2, 0.25) is 0 Å². The van der Waals surface area contributed by atoms with Crippen molar-refractivity contribution in [2.45, 2.75) is 13.8 Å². The van der Waals surface area contributed by atoms with Crippen molar-refractivity contribution in [3.8, 4) is 28.4 Å². The number of nitrogens with one attached hydrogen (secondary N) is 1. The van der Waals surface area contributed by atoms with Crippen molar-refractivity contribution in [1.82, 2.24) is 9.78 Å². The SMILES string of the molecule is COc1ccc(-n2nc(-c3cccc(OC)c3)cc2C(=O)Nc2ccc(C)c(C)c2)cc1. The van der Waals surface area contributed by atoms with Gasteiger partial charge in [0.15, 0.2) is 0 Å². The molecule has 0 unspecified atom stereocenters. The van der Waals surface area contributed by atoms with Crippen molar-refractivity contribution < 1.29 is 14.3 Å². The summed E-state index contributed by atoms with van der Waals surface area (Å²) in [5.41, 5.74) is 5.73. The standard InChI is InChI=1S/C26H25N3O3/c1-17-8-9-20(14-18(17)2)27-26(30)25-16-24(19-6-5-7-23(15-19)32-4)28-29(25)21-10-12-22(31-3)13-11-21/h5-16H,1-4H3,(H,27,30). The molecular weight excluding hydrogens is 402 g/mol. The molecule has 0 fully saturated rings. The minimum atomic E-state index is -0.245. The molecule has 162 valence electrons. The van der Waals surface area contributed by atoms with E-state index >= 15 is 0 Å². The zero-order valence-electron chi connectivity index (χ0n) is 18.5. The average molecular weight is 428 g/mol. The number of anilines is 1. The summed E-state index contributed by atoms with van der Waals surface area (Å²) >= 11 is 0. The Labute approximate surface area is 187 Å². The van der Waals surface area contributed by atoms with Gasteiger partial charge in [-0.25, -0.2) is 4.68 Å². The average Bonchev–Trinajstić information content (AvgIpc) is 3.27. The van der Waals surface area contributed by atoms with E-state index in [9.17, 15) is 4.79 Å². The minimum Gasteiger partial charge on any atom is -0.497 e. The summed E-state index contributed by atoms with van der Waals surface area (Å²) in [6.07, 6.45) is 0. The molecule has 4 aromatic rings. The highest BCUT2D eigenvalue weighted by Crippen LogP contribution is 2.26. The normalized spacial score (nSPS) is 10.6. The summed E-state index contributed by atoms with van der Waals surface area (Å²) in [6, 6.07) is 22.7. The number of aromatic nitrogens is 2. The fraction of sp³-hybridized carbons (Fsp3) is 0.154. The molecule has 0 atom stereocenters. The van der Waals surface area contributed by atoms with E-state index in [-0.39, 0.29) is 5.91 Å². The van der Waals surface area contributed by atoms with Crippen molar-refractivity contribution in [3.05, 3.63) is 89.6 Å². The maximum atomic E-state index is 13.3. The van der Waals surface area contributed by atoms with Gasteiger partial charge < -0.3 is 14.8 Å². The molecule has 0 aliphatic carbocycles. The van der Waals surface area contributed by atoms with Gasteiger partial charge in [0.05, 0.1) is 25.6 Å². The monoisotopic (exact) mass is 427 g/mol. The number of aryl methyl sites for hydroxylation is 2. The second-order valence-electron chi connectivity index (χ2n) is 7.51. The van der Waals surface area contributed by atoms with Crippen LogP contribution in [0.25, 0.3) is 16.9 Å². The van der Waals surface area contributed by atoms with Gasteiger partial charge in [-0.15, -0.1) is 0 Å². The Morgan fingerprint density at radius 1 is 0.844 bits per heavy atom. The van der Waals surface area contributed by atoms with Gasteiger partial charge in [-0.3, -0.25) is 4.79 Å². The quantitative estimate of drug-likeness (QED) is 0.446.